The van der Waals surface area contributed by atoms with Gasteiger partial charge in [0.25, 0.3) is 0 Å². The van der Waals surface area contributed by atoms with Gasteiger partial charge in [-0.3, -0.25) is 9.59 Å². The van der Waals surface area contributed by atoms with Crippen molar-refractivity contribution in [3.63, 3.8) is 0 Å². The Kier molecular flexibility index (Phi) is 4.77. The van der Waals surface area contributed by atoms with E-state index in [0.717, 1.165) is 8.61 Å². The lowest BCUT2D eigenvalue weighted by atomic mass is 10.1. The second kappa shape index (κ2) is 5.99. The Bertz CT molecular complexity index is 624. The van der Waals surface area contributed by atoms with Gasteiger partial charge in [-0.15, -0.1) is 0 Å². The van der Waals surface area contributed by atoms with Gasteiger partial charge in [0, 0.05) is 26.2 Å². The van der Waals surface area contributed by atoms with Gasteiger partial charge < -0.3 is 0 Å². The molecular formula is C12H20N2O6S2. The Morgan fingerprint density at radius 2 is 1.14 bits per heavy atom. The summed E-state index contributed by atoms with van der Waals surface area (Å²) in [6, 6.07) is 0. The van der Waals surface area contributed by atoms with Gasteiger partial charge in [0.05, 0.1) is 0 Å². The first-order valence-electron chi connectivity index (χ1n) is 7.23. The van der Waals surface area contributed by atoms with Gasteiger partial charge in [-0.25, -0.2) is 25.4 Å². The van der Waals surface area contributed by atoms with E-state index in [2.05, 4.69) is 0 Å². The molecule has 0 spiro atoms. The first kappa shape index (κ1) is 17.5. The van der Waals surface area contributed by atoms with E-state index in [1.807, 2.05) is 0 Å². The number of carbonyl (C=O) groups excluding carboxylic acids is 2. The van der Waals surface area contributed by atoms with Crippen molar-refractivity contribution in [3.8, 4) is 0 Å². The first-order valence-corrected chi connectivity index (χ1v) is 10.2. The minimum Gasteiger partial charge on any atom is -0.289 e. The van der Waals surface area contributed by atoms with Crippen LogP contribution in [-0.2, 0) is 29.6 Å². The van der Waals surface area contributed by atoms with Crippen molar-refractivity contribution in [3.05, 3.63) is 0 Å². The molecule has 0 saturated carbocycles. The molecule has 0 aromatic carbocycles. The molecule has 8 nitrogen and oxygen atoms in total. The molecule has 0 aromatic heterocycles. The Morgan fingerprint density at radius 1 is 0.818 bits per heavy atom. The zero-order chi connectivity index (χ0) is 16.7. The van der Waals surface area contributed by atoms with Crippen LogP contribution in [0.5, 0.6) is 0 Å². The minimum atomic E-state index is -3.85. The first-order chi connectivity index (χ1) is 10.2. The zero-order valence-electron chi connectivity index (χ0n) is 12.6. The van der Waals surface area contributed by atoms with Crippen molar-refractivity contribution < 1.29 is 26.4 Å². The van der Waals surface area contributed by atoms with E-state index >= 15 is 0 Å². The Hall–Kier alpha value is -0.840. The average Bonchev–Trinajstić information content (AvgIpc) is 2.91. The van der Waals surface area contributed by atoms with Crippen LogP contribution >= 0.6 is 0 Å². The Balaban J connectivity index is 2.23. The van der Waals surface area contributed by atoms with Crippen LogP contribution in [0.3, 0.4) is 0 Å². The molecule has 2 atom stereocenters. The summed E-state index contributed by atoms with van der Waals surface area (Å²) >= 11 is 0. The standard InChI is InChI=1S/C12H20N2O6S2/c1-3-13-7-5-9(21(13,17)18)11(15)12(16)10-6-8-14(4-2)22(10,19)20/h9-10H,3-8H2,1-2H3. The predicted octanol–water partition coefficient (Wildman–Crippen LogP) is -1.03. The Labute approximate surface area is 130 Å². The molecule has 10 heteroatoms. The maximum absolute atomic E-state index is 12.3. The number of ketones is 2. The molecule has 2 aliphatic rings. The molecule has 2 saturated heterocycles. The number of sulfonamides is 2. The molecule has 126 valence electrons. The fourth-order valence-corrected chi connectivity index (χ4v) is 6.70. The summed E-state index contributed by atoms with van der Waals surface area (Å²) in [6.07, 6.45) is 0.0655. The van der Waals surface area contributed by atoms with Crippen LogP contribution in [0.4, 0.5) is 0 Å². The van der Waals surface area contributed by atoms with Crippen molar-refractivity contribution in [2.24, 2.45) is 0 Å². The van der Waals surface area contributed by atoms with E-state index < -0.39 is 42.1 Å². The van der Waals surface area contributed by atoms with Gasteiger partial charge >= 0.3 is 0 Å². The smallest absolute Gasteiger partial charge is 0.224 e. The lowest BCUT2D eigenvalue weighted by Gasteiger charge is -2.16. The molecule has 0 N–H and O–H groups in total. The summed E-state index contributed by atoms with van der Waals surface area (Å²) < 4.78 is 50.9. The van der Waals surface area contributed by atoms with E-state index in [1.165, 1.54) is 0 Å². The average molecular weight is 352 g/mol. The molecule has 2 unspecified atom stereocenters. The van der Waals surface area contributed by atoms with Crippen LogP contribution in [0, 0.1) is 0 Å². The molecule has 0 aromatic rings. The molecule has 0 amide bonds. The number of carbonyl (C=O) groups is 2. The molecule has 2 rings (SSSR count). The second-order valence-electron chi connectivity index (χ2n) is 5.36. The summed E-state index contributed by atoms with van der Waals surface area (Å²) in [5.41, 5.74) is 0. The largest absolute Gasteiger partial charge is 0.289 e. The highest BCUT2D eigenvalue weighted by molar-refractivity contribution is 7.91. The molecule has 2 heterocycles. The zero-order valence-corrected chi connectivity index (χ0v) is 14.2. The fourth-order valence-electron chi connectivity index (χ4n) is 2.96. The van der Waals surface area contributed by atoms with Crippen LogP contribution in [0.15, 0.2) is 0 Å². The number of nitrogens with zero attached hydrogens (tertiary/aromatic N) is 2. The highest BCUT2D eigenvalue weighted by atomic mass is 32.2. The maximum atomic E-state index is 12.3. The van der Waals surface area contributed by atoms with Gasteiger partial charge in [-0.2, -0.15) is 0 Å². The fraction of sp³-hybridized carbons (Fsp3) is 0.833. The van der Waals surface area contributed by atoms with Crippen molar-refractivity contribution in [2.45, 2.75) is 37.2 Å². The minimum absolute atomic E-state index is 0.0327. The van der Waals surface area contributed by atoms with Gasteiger partial charge in [-0.05, 0) is 12.8 Å². The summed E-state index contributed by atoms with van der Waals surface area (Å²) in [5, 5.41) is -2.88. The number of hydrogen-bond donors (Lipinski definition) is 0. The summed E-state index contributed by atoms with van der Waals surface area (Å²) in [5.74, 6) is -2.19. The van der Waals surface area contributed by atoms with Crippen LogP contribution < -0.4 is 0 Å². The third-order valence-corrected chi connectivity index (χ3v) is 8.91. The molecule has 2 fully saturated rings. The third-order valence-electron chi connectivity index (χ3n) is 4.25. The summed E-state index contributed by atoms with van der Waals surface area (Å²) in [7, 11) is -7.71. The predicted molar refractivity (Wildman–Crippen MR) is 79.2 cm³/mol. The highest BCUT2D eigenvalue weighted by Crippen LogP contribution is 2.27. The second-order valence-corrected chi connectivity index (χ2v) is 9.59. The van der Waals surface area contributed by atoms with E-state index in [4.69, 9.17) is 0 Å². The van der Waals surface area contributed by atoms with Crippen LogP contribution in [0.1, 0.15) is 26.7 Å². The van der Waals surface area contributed by atoms with Crippen LogP contribution in [0.2, 0.25) is 0 Å². The number of Topliss-reactive ketones (excluding diaryl/α,β-unsaturated/α-hetero) is 2. The monoisotopic (exact) mass is 352 g/mol. The maximum Gasteiger partial charge on any atom is 0.224 e. The summed E-state index contributed by atoms with van der Waals surface area (Å²) in [6.45, 7) is 4.11. The van der Waals surface area contributed by atoms with Crippen molar-refractivity contribution >= 4 is 31.6 Å². The Morgan fingerprint density at radius 3 is 1.36 bits per heavy atom. The topological polar surface area (TPSA) is 109 Å². The summed E-state index contributed by atoms with van der Waals surface area (Å²) in [4.78, 5) is 24.5. The molecule has 0 radical (unpaired) electrons. The van der Waals surface area contributed by atoms with Crippen molar-refractivity contribution in [2.75, 3.05) is 26.2 Å². The number of hydrogen-bond acceptors (Lipinski definition) is 6. The van der Waals surface area contributed by atoms with Crippen LogP contribution in [-0.4, -0.2) is 73.7 Å². The lowest BCUT2D eigenvalue weighted by molar-refractivity contribution is -0.136. The van der Waals surface area contributed by atoms with Crippen molar-refractivity contribution in [1.82, 2.24) is 8.61 Å². The van der Waals surface area contributed by atoms with E-state index in [1.54, 1.807) is 13.8 Å². The quantitative estimate of drug-likeness (QED) is 0.586. The lowest BCUT2D eigenvalue weighted by Crippen LogP contribution is -2.43. The van der Waals surface area contributed by atoms with E-state index in [-0.39, 0.29) is 39.0 Å². The molecular weight excluding hydrogens is 332 g/mol. The third kappa shape index (κ3) is 2.61. The van der Waals surface area contributed by atoms with Crippen LogP contribution in [0.25, 0.3) is 0 Å². The molecule has 0 aliphatic carbocycles. The van der Waals surface area contributed by atoms with Crippen molar-refractivity contribution in [1.29, 1.82) is 0 Å². The van der Waals surface area contributed by atoms with E-state index in [9.17, 15) is 26.4 Å². The number of rotatable bonds is 5. The molecule has 22 heavy (non-hydrogen) atoms. The normalized spacial score (nSPS) is 31.4. The molecule has 2 aliphatic heterocycles. The molecule has 0 bridgehead atoms. The van der Waals surface area contributed by atoms with E-state index in [0.29, 0.717) is 0 Å². The van der Waals surface area contributed by atoms with Gasteiger partial charge in [0.15, 0.2) is 0 Å². The SMILES string of the molecule is CCN1CCC(C(=O)C(=O)C2CCN(CC)S2(=O)=O)S1(=O)=O. The van der Waals surface area contributed by atoms with Gasteiger partial charge in [-0.1, -0.05) is 13.8 Å². The van der Waals surface area contributed by atoms with Gasteiger partial charge in [0.1, 0.15) is 10.5 Å². The van der Waals surface area contributed by atoms with Gasteiger partial charge in [0.2, 0.25) is 31.6 Å². The highest BCUT2D eigenvalue weighted by Gasteiger charge is 2.50.